The lowest BCUT2D eigenvalue weighted by atomic mass is 10.1. The molecule has 4 nitrogen and oxygen atoms in total. The molecule has 0 aromatic heterocycles. The second-order valence-corrected chi connectivity index (χ2v) is 6.12. The monoisotopic (exact) mass is 325 g/mol. The summed E-state index contributed by atoms with van der Waals surface area (Å²) in [6.45, 7) is 1.97. The number of rotatable bonds is 6. The number of hydrogen-bond acceptors (Lipinski definition) is 3. The molecule has 2 aromatic carbocycles. The van der Waals surface area contributed by atoms with E-state index in [1.165, 1.54) is 0 Å². The van der Waals surface area contributed by atoms with E-state index in [0.29, 0.717) is 18.7 Å². The Labute approximate surface area is 143 Å². The van der Waals surface area contributed by atoms with Crippen LogP contribution in [0, 0.1) is 0 Å². The van der Waals surface area contributed by atoms with Gasteiger partial charge in [-0.1, -0.05) is 30.3 Å². The van der Waals surface area contributed by atoms with Crippen LogP contribution in [0.2, 0.25) is 0 Å². The van der Waals surface area contributed by atoms with Crippen LogP contribution in [0.25, 0.3) is 0 Å². The van der Waals surface area contributed by atoms with Crippen LogP contribution in [-0.2, 0) is 11.3 Å². The van der Waals surface area contributed by atoms with Gasteiger partial charge in [0, 0.05) is 25.8 Å². The second-order valence-electron chi connectivity index (χ2n) is 6.12. The molecule has 1 heterocycles. The molecule has 1 fully saturated rings. The first-order valence-electron chi connectivity index (χ1n) is 8.36. The van der Waals surface area contributed by atoms with E-state index < -0.39 is 0 Å². The van der Waals surface area contributed by atoms with Crippen LogP contribution in [-0.4, -0.2) is 37.1 Å². The van der Waals surface area contributed by atoms with E-state index in [1.807, 2.05) is 61.6 Å². The molecule has 1 amide bonds. The van der Waals surface area contributed by atoms with Gasteiger partial charge in [-0.3, -0.25) is 4.79 Å². The Morgan fingerprint density at radius 2 is 1.92 bits per heavy atom. The molecule has 1 aliphatic heterocycles. The molecule has 0 radical (unpaired) electrons. The van der Waals surface area contributed by atoms with Crippen LogP contribution in [0.3, 0.4) is 0 Å². The van der Waals surface area contributed by atoms with Gasteiger partial charge >= 0.3 is 0 Å². The Kier molecular flexibility index (Phi) is 5.49. The van der Waals surface area contributed by atoms with Crippen molar-refractivity contribution >= 4 is 5.91 Å². The van der Waals surface area contributed by atoms with Crippen LogP contribution < -0.4 is 4.74 Å². The molecule has 126 valence electrons. The zero-order valence-electron chi connectivity index (χ0n) is 14.0. The highest BCUT2D eigenvalue weighted by molar-refractivity contribution is 5.94. The highest BCUT2D eigenvalue weighted by Gasteiger charge is 2.20. The van der Waals surface area contributed by atoms with Crippen LogP contribution in [0.5, 0.6) is 5.75 Å². The van der Waals surface area contributed by atoms with Gasteiger partial charge in [-0.15, -0.1) is 0 Å². The summed E-state index contributed by atoms with van der Waals surface area (Å²) in [5.74, 6) is 0.775. The summed E-state index contributed by atoms with van der Waals surface area (Å²) in [4.78, 5) is 14.2. The third-order valence-electron chi connectivity index (χ3n) is 4.20. The maximum Gasteiger partial charge on any atom is 0.253 e. The second kappa shape index (κ2) is 7.97. The highest BCUT2D eigenvalue weighted by atomic mass is 16.5. The number of carbonyl (C=O) groups excluding carboxylic acids is 1. The normalized spacial score (nSPS) is 16.8. The molecule has 4 heteroatoms. The predicted octanol–water partition coefficient (Wildman–Crippen LogP) is 3.52. The average molecular weight is 325 g/mol. The molecular weight excluding hydrogens is 302 g/mol. The Morgan fingerprint density at radius 3 is 2.58 bits per heavy atom. The number of amides is 1. The lowest BCUT2D eigenvalue weighted by molar-refractivity contribution is 0.0587. The summed E-state index contributed by atoms with van der Waals surface area (Å²) < 4.78 is 11.3. The first-order valence-corrected chi connectivity index (χ1v) is 8.36. The molecule has 3 rings (SSSR count). The molecule has 0 unspecified atom stereocenters. The van der Waals surface area contributed by atoms with E-state index >= 15 is 0 Å². The van der Waals surface area contributed by atoms with Gasteiger partial charge in [0.2, 0.25) is 0 Å². The topological polar surface area (TPSA) is 38.8 Å². The SMILES string of the molecule is CN(C[C@@H]1CCCO1)C(=O)c1ccc(OCc2ccccc2)cc1. The summed E-state index contributed by atoms with van der Waals surface area (Å²) in [7, 11) is 1.82. The molecule has 0 saturated carbocycles. The Hall–Kier alpha value is -2.33. The molecule has 0 aliphatic carbocycles. The maximum absolute atomic E-state index is 12.5. The standard InChI is InChI=1S/C20H23NO3/c1-21(14-19-8-5-13-23-19)20(22)17-9-11-18(12-10-17)24-15-16-6-3-2-4-7-16/h2-4,6-7,9-12,19H,5,8,13-15H2,1H3/t19-/m0/s1. The maximum atomic E-state index is 12.5. The van der Waals surface area contributed by atoms with Gasteiger partial charge in [-0.05, 0) is 42.7 Å². The summed E-state index contributed by atoms with van der Waals surface area (Å²) in [5.41, 5.74) is 1.79. The minimum absolute atomic E-state index is 0.0140. The number of nitrogens with zero attached hydrogens (tertiary/aromatic N) is 1. The van der Waals surface area contributed by atoms with Crippen LogP contribution in [0.1, 0.15) is 28.8 Å². The van der Waals surface area contributed by atoms with Crippen LogP contribution >= 0.6 is 0 Å². The average Bonchev–Trinajstić information content (AvgIpc) is 3.13. The summed E-state index contributed by atoms with van der Waals surface area (Å²) in [6.07, 6.45) is 2.29. The number of benzene rings is 2. The lowest BCUT2D eigenvalue weighted by Crippen LogP contribution is -2.34. The fraction of sp³-hybridized carbons (Fsp3) is 0.350. The molecular formula is C20H23NO3. The van der Waals surface area contributed by atoms with Crippen molar-refractivity contribution in [1.82, 2.24) is 4.90 Å². The quantitative estimate of drug-likeness (QED) is 0.816. The van der Waals surface area contributed by atoms with Gasteiger partial charge < -0.3 is 14.4 Å². The van der Waals surface area contributed by atoms with E-state index in [4.69, 9.17) is 9.47 Å². The van der Waals surface area contributed by atoms with Gasteiger partial charge in [0.25, 0.3) is 5.91 Å². The van der Waals surface area contributed by atoms with Crippen molar-refractivity contribution in [3.63, 3.8) is 0 Å². The number of hydrogen-bond donors (Lipinski definition) is 0. The van der Waals surface area contributed by atoms with Gasteiger partial charge in [0.1, 0.15) is 12.4 Å². The van der Waals surface area contributed by atoms with Crippen molar-refractivity contribution in [2.24, 2.45) is 0 Å². The summed E-state index contributed by atoms with van der Waals surface area (Å²) >= 11 is 0. The minimum atomic E-state index is 0.0140. The van der Waals surface area contributed by atoms with Crippen molar-refractivity contribution in [2.75, 3.05) is 20.2 Å². The van der Waals surface area contributed by atoms with Gasteiger partial charge in [0.05, 0.1) is 6.10 Å². The van der Waals surface area contributed by atoms with Gasteiger partial charge in [0.15, 0.2) is 0 Å². The third kappa shape index (κ3) is 4.36. The van der Waals surface area contributed by atoms with Crippen LogP contribution in [0.15, 0.2) is 54.6 Å². The van der Waals surface area contributed by atoms with E-state index in [1.54, 1.807) is 4.90 Å². The molecule has 0 spiro atoms. The molecule has 0 N–H and O–H groups in total. The zero-order valence-corrected chi connectivity index (χ0v) is 14.0. The summed E-state index contributed by atoms with van der Waals surface area (Å²) in [5, 5.41) is 0. The van der Waals surface area contributed by atoms with Crippen molar-refractivity contribution in [1.29, 1.82) is 0 Å². The fourth-order valence-corrected chi connectivity index (χ4v) is 2.83. The molecule has 0 bridgehead atoms. The van der Waals surface area contributed by atoms with E-state index in [2.05, 4.69) is 0 Å². The number of ether oxygens (including phenoxy) is 2. The Bertz CT molecular complexity index is 648. The number of carbonyl (C=O) groups is 1. The smallest absolute Gasteiger partial charge is 0.253 e. The molecule has 1 aliphatic rings. The Morgan fingerprint density at radius 1 is 1.17 bits per heavy atom. The predicted molar refractivity (Wildman–Crippen MR) is 93.2 cm³/mol. The highest BCUT2D eigenvalue weighted by Crippen LogP contribution is 2.17. The van der Waals surface area contributed by atoms with Crippen LogP contribution in [0.4, 0.5) is 0 Å². The molecule has 24 heavy (non-hydrogen) atoms. The van der Waals surface area contributed by atoms with Crippen molar-refractivity contribution in [3.8, 4) is 5.75 Å². The van der Waals surface area contributed by atoms with Crippen molar-refractivity contribution in [3.05, 3.63) is 65.7 Å². The summed E-state index contributed by atoms with van der Waals surface area (Å²) in [6, 6.07) is 17.3. The van der Waals surface area contributed by atoms with E-state index in [0.717, 1.165) is 30.8 Å². The largest absolute Gasteiger partial charge is 0.489 e. The Balaban J connectivity index is 1.54. The first-order chi connectivity index (χ1) is 11.7. The van der Waals surface area contributed by atoms with Gasteiger partial charge in [-0.25, -0.2) is 0 Å². The third-order valence-corrected chi connectivity index (χ3v) is 4.20. The molecule has 1 atom stereocenters. The zero-order chi connectivity index (χ0) is 16.8. The van der Waals surface area contributed by atoms with Crippen molar-refractivity contribution < 1.29 is 14.3 Å². The van der Waals surface area contributed by atoms with Gasteiger partial charge in [-0.2, -0.15) is 0 Å². The van der Waals surface area contributed by atoms with E-state index in [9.17, 15) is 4.79 Å². The van der Waals surface area contributed by atoms with E-state index in [-0.39, 0.29) is 12.0 Å². The van der Waals surface area contributed by atoms with Crippen molar-refractivity contribution in [2.45, 2.75) is 25.6 Å². The number of likely N-dealkylation sites (N-methyl/N-ethyl adjacent to an activating group) is 1. The fourth-order valence-electron chi connectivity index (χ4n) is 2.83. The first kappa shape index (κ1) is 16.5. The molecule has 1 saturated heterocycles. The molecule has 2 aromatic rings. The minimum Gasteiger partial charge on any atom is -0.489 e. The lowest BCUT2D eigenvalue weighted by Gasteiger charge is -2.21.